The highest BCUT2D eigenvalue weighted by Crippen LogP contribution is 2.31. The van der Waals surface area contributed by atoms with Gasteiger partial charge in [-0.2, -0.15) is 13.2 Å². The Balaban J connectivity index is 3.02. The van der Waals surface area contributed by atoms with Crippen LogP contribution in [0.15, 0.2) is 29.2 Å². The summed E-state index contributed by atoms with van der Waals surface area (Å²) < 4.78 is 62.7. The van der Waals surface area contributed by atoms with E-state index in [9.17, 15) is 21.6 Å². The summed E-state index contributed by atoms with van der Waals surface area (Å²) in [6, 6.07) is 3.87. The largest absolute Gasteiger partial charge is 0.416 e. The van der Waals surface area contributed by atoms with Gasteiger partial charge in [-0.05, 0) is 45.0 Å². The Bertz CT molecular complexity index is 570. The lowest BCUT2D eigenvalue weighted by molar-refractivity contribution is -0.137. The third-order valence-electron chi connectivity index (χ3n) is 3.26. The molecule has 3 nitrogen and oxygen atoms in total. The first-order valence-corrected chi connectivity index (χ1v) is 8.28. The molecule has 2 unspecified atom stereocenters. The molecule has 7 heteroatoms. The van der Waals surface area contributed by atoms with Crippen molar-refractivity contribution in [1.82, 2.24) is 5.32 Å². The van der Waals surface area contributed by atoms with Crippen molar-refractivity contribution in [2.75, 3.05) is 6.54 Å². The van der Waals surface area contributed by atoms with E-state index in [0.29, 0.717) is 19.0 Å². The molecule has 0 fully saturated rings. The monoisotopic (exact) mass is 323 g/mol. The molecular weight excluding hydrogens is 303 g/mol. The van der Waals surface area contributed by atoms with Gasteiger partial charge >= 0.3 is 6.18 Å². The standard InChI is InChI=1S/C14H20F3NO2S/c1-4-18-10(2)8-11(3)21(19,20)13-7-5-6-12(9-13)14(15,16)17/h5-7,9-11,18H,4,8H2,1-3H3. The van der Waals surface area contributed by atoms with Gasteiger partial charge in [0, 0.05) is 6.04 Å². The van der Waals surface area contributed by atoms with Crippen molar-refractivity contribution in [1.29, 1.82) is 0 Å². The molecule has 0 spiro atoms. The maximum atomic E-state index is 12.7. The number of halogens is 3. The minimum atomic E-state index is -4.55. The summed E-state index contributed by atoms with van der Waals surface area (Å²) in [6.07, 6.45) is -4.21. The van der Waals surface area contributed by atoms with Crippen LogP contribution in [0.5, 0.6) is 0 Å². The number of nitrogens with one attached hydrogen (secondary N) is 1. The molecule has 0 heterocycles. The SMILES string of the molecule is CCNC(C)CC(C)S(=O)(=O)c1cccc(C(F)(F)F)c1. The number of sulfone groups is 1. The predicted molar refractivity (Wildman–Crippen MR) is 75.8 cm³/mol. The van der Waals surface area contributed by atoms with E-state index < -0.39 is 26.8 Å². The summed E-state index contributed by atoms with van der Waals surface area (Å²) in [5, 5.41) is 2.34. The molecule has 120 valence electrons. The second kappa shape index (κ2) is 6.79. The molecule has 0 amide bonds. The van der Waals surface area contributed by atoms with E-state index in [1.54, 1.807) is 0 Å². The summed E-state index contributed by atoms with van der Waals surface area (Å²) >= 11 is 0. The average Bonchev–Trinajstić information content (AvgIpc) is 2.38. The maximum Gasteiger partial charge on any atom is 0.416 e. The van der Waals surface area contributed by atoms with Gasteiger partial charge in [0.15, 0.2) is 9.84 Å². The molecule has 1 aromatic carbocycles. The van der Waals surface area contributed by atoms with Crippen LogP contribution in [0.3, 0.4) is 0 Å². The molecule has 2 atom stereocenters. The third-order valence-corrected chi connectivity index (χ3v) is 5.42. The Labute approximate surface area is 123 Å². The average molecular weight is 323 g/mol. The number of hydrogen-bond donors (Lipinski definition) is 1. The van der Waals surface area contributed by atoms with E-state index in [2.05, 4.69) is 5.32 Å². The minimum Gasteiger partial charge on any atom is -0.314 e. The van der Waals surface area contributed by atoms with Gasteiger partial charge in [-0.15, -0.1) is 0 Å². The Hall–Kier alpha value is -1.08. The second-order valence-electron chi connectivity index (χ2n) is 5.08. The van der Waals surface area contributed by atoms with Crippen LogP contribution in [-0.2, 0) is 16.0 Å². The van der Waals surface area contributed by atoms with Crippen molar-refractivity contribution in [3.8, 4) is 0 Å². The van der Waals surface area contributed by atoms with Crippen molar-refractivity contribution in [2.45, 2.75) is 49.6 Å². The zero-order chi connectivity index (χ0) is 16.3. The Kier molecular flexibility index (Phi) is 5.81. The van der Waals surface area contributed by atoms with Crippen LogP contribution in [0.1, 0.15) is 32.8 Å². The summed E-state index contributed by atoms with van der Waals surface area (Å²) in [7, 11) is -3.78. The minimum absolute atomic E-state index is 0.0226. The van der Waals surface area contributed by atoms with Crippen molar-refractivity contribution in [3.63, 3.8) is 0 Å². The van der Waals surface area contributed by atoms with Crippen LogP contribution in [0.4, 0.5) is 13.2 Å². The first-order valence-electron chi connectivity index (χ1n) is 6.73. The van der Waals surface area contributed by atoms with E-state index in [1.165, 1.54) is 13.0 Å². The predicted octanol–water partition coefficient (Wildman–Crippen LogP) is 3.26. The fourth-order valence-electron chi connectivity index (χ4n) is 2.14. The molecule has 0 saturated heterocycles. The lowest BCUT2D eigenvalue weighted by Crippen LogP contribution is -2.32. The molecule has 1 aromatic rings. The highest BCUT2D eigenvalue weighted by Gasteiger charge is 2.32. The highest BCUT2D eigenvalue weighted by atomic mass is 32.2. The van der Waals surface area contributed by atoms with Gasteiger partial charge in [0.1, 0.15) is 0 Å². The van der Waals surface area contributed by atoms with Gasteiger partial charge in [-0.25, -0.2) is 8.42 Å². The maximum absolute atomic E-state index is 12.7. The fraction of sp³-hybridized carbons (Fsp3) is 0.571. The lowest BCUT2D eigenvalue weighted by atomic mass is 10.2. The topological polar surface area (TPSA) is 46.2 Å². The first-order chi connectivity index (χ1) is 9.59. The number of benzene rings is 1. The zero-order valence-electron chi connectivity index (χ0n) is 12.2. The van der Waals surface area contributed by atoms with Gasteiger partial charge < -0.3 is 5.32 Å². The van der Waals surface area contributed by atoms with Crippen LogP contribution in [0.25, 0.3) is 0 Å². The summed E-state index contributed by atoms with van der Waals surface area (Å²) in [4.78, 5) is -0.284. The van der Waals surface area contributed by atoms with Crippen molar-refractivity contribution in [3.05, 3.63) is 29.8 Å². The molecule has 1 rings (SSSR count). The number of alkyl halides is 3. The second-order valence-corrected chi connectivity index (χ2v) is 7.44. The Morgan fingerprint density at radius 1 is 1.24 bits per heavy atom. The van der Waals surface area contributed by atoms with E-state index in [0.717, 1.165) is 12.1 Å². The molecule has 1 N–H and O–H groups in total. The quantitative estimate of drug-likeness (QED) is 0.874. The van der Waals surface area contributed by atoms with E-state index in [-0.39, 0.29) is 10.9 Å². The van der Waals surface area contributed by atoms with Gasteiger partial charge in [-0.1, -0.05) is 13.0 Å². The number of rotatable bonds is 6. The zero-order valence-corrected chi connectivity index (χ0v) is 13.1. The van der Waals surface area contributed by atoms with Crippen LogP contribution in [0.2, 0.25) is 0 Å². The van der Waals surface area contributed by atoms with E-state index >= 15 is 0 Å². The lowest BCUT2D eigenvalue weighted by Gasteiger charge is -2.19. The molecule has 0 bridgehead atoms. The Morgan fingerprint density at radius 2 is 1.86 bits per heavy atom. The highest BCUT2D eigenvalue weighted by molar-refractivity contribution is 7.92. The van der Waals surface area contributed by atoms with Crippen LogP contribution in [0, 0.1) is 0 Å². The molecular formula is C14H20F3NO2S. The smallest absolute Gasteiger partial charge is 0.314 e. The molecule has 0 aliphatic rings. The van der Waals surface area contributed by atoms with Gasteiger partial charge in [-0.3, -0.25) is 0 Å². The van der Waals surface area contributed by atoms with Gasteiger partial charge in [0.25, 0.3) is 0 Å². The van der Waals surface area contributed by atoms with Crippen molar-refractivity contribution >= 4 is 9.84 Å². The van der Waals surface area contributed by atoms with E-state index in [4.69, 9.17) is 0 Å². The van der Waals surface area contributed by atoms with Crippen LogP contribution in [-0.4, -0.2) is 26.3 Å². The van der Waals surface area contributed by atoms with Crippen molar-refractivity contribution in [2.24, 2.45) is 0 Å². The third kappa shape index (κ3) is 4.71. The molecule has 21 heavy (non-hydrogen) atoms. The first kappa shape index (κ1) is 18.0. The molecule has 0 aromatic heterocycles. The fourth-order valence-corrected chi connectivity index (χ4v) is 3.70. The summed E-state index contributed by atoms with van der Waals surface area (Å²) in [6.45, 7) is 5.98. The normalized spacial score (nSPS) is 15.7. The molecule has 0 saturated carbocycles. The molecule has 0 radical (unpaired) electrons. The van der Waals surface area contributed by atoms with Crippen LogP contribution < -0.4 is 5.32 Å². The number of hydrogen-bond acceptors (Lipinski definition) is 3. The molecule has 0 aliphatic heterocycles. The van der Waals surface area contributed by atoms with Gasteiger partial charge in [0.2, 0.25) is 0 Å². The molecule has 0 aliphatic carbocycles. The van der Waals surface area contributed by atoms with Crippen LogP contribution >= 0.6 is 0 Å². The summed E-state index contributed by atoms with van der Waals surface area (Å²) in [5.41, 5.74) is -0.949. The van der Waals surface area contributed by atoms with Crippen molar-refractivity contribution < 1.29 is 21.6 Å². The van der Waals surface area contributed by atoms with Gasteiger partial charge in [0.05, 0.1) is 15.7 Å². The van der Waals surface area contributed by atoms with E-state index in [1.807, 2.05) is 13.8 Å². The Morgan fingerprint density at radius 3 is 2.38 bits per heavy atom. The summed E-state index contributed by atoms with van der Waals surface area (Å²) in [5.74, 6) is 0.